The largest absolute Gasteiger partial charge is 0.327 e. The van der Waals surface area contributed by atoms with Crippen molar-refractivity contribution in [1.29, 1.82) is 0 Å². The van der Waals surface area contributed by atoms with E-state index in [1.165, 1.54) is 86.9 Å². The molecule has 0 aliphatic carbocycles. The van der Waals surface area contributed by atoms with Crippen molar-refractivity contribution in [3.63, 3.8) is 0 Å². The third-order valence-electron chi connectivity index (χ3n) is 10.9. The highest BCUT2D eigenvalue weighted by Crippen LogP contribution is 2.44. The predicted molar refractivity (Wildman–Crippen MR) is 213 cm³/mol. The normalized spacial score (nSPS) is 12.1. The highest BCUT2D eigenvalue weighted by atomic mass is 15.1. The van der Waals surface area contributed by atoms with Gasteiger partial charge in [0.2, 0.25) is 0 Å². The molecule has 11 aromatic rings. The number of imidazole rings is 1. The van der Waals surface area contributed by atoms with Crippen molar-refractivity contribution >= 4 is 75.7 Å². The minimum Gasteiger partial charge on any atom is -0.327 e. The Morgan fingerprint density at radius 3 is 1.38 bits per heavy atom. The molecule has 0 N–H and O–H groups in total. The molecule has 0 fully saturated rings. The third kappa shape index (κ3) is 3.88. The van der Waals surface area contributed by atoms with Crippen molar-refractivity contribution in [3.8, 4) is 33.6 Å². The molecule has 0 atom stereocenters. The number of benzene rings is 9. The lowest BCUT2D eigenvalue weighted by Gasteiger charge is -2.17. The van der Waals surface area contributed by atoms with E-state index in [4.69, 9.17) is 4.98 Å². The minimum atomic E-state index is 0.982. The molecule has 0 radical (unpaired) electrons. The van der Waals surface area contributed by atoms with Gasteiger partial charge >= 0.3 is 0 Å². The Kier molecular flexibility index (Phi) is 5.62. The zero-order valence-electron chi connectivity index (χ0n) is 27.5. The summed E-state index contributed by atoms with van der Waals surface area (Å²) in [6, 6.07) is 60.4. The molecule has 1 aromatic heterocycles. The fourth-order valence-corrected chi connectivity index (χ4v) is 8.52. The Hall–Kier alpha value is -6.51. The standard InChI is InChI=1S/C48H30N2/c1-50-43-14-3-2-13-42(43)49-48(50)35-24-19-30(20-25-35)29-15-17-31(18-16-29)37-27-36-26-23-34-8-5-11-39-38-10-4-7-32-21-22-33-9-6-12-40(46(33)44(32)38)41(28-37)47(36)45(34)39/h2-28H,1H3. The van der Waals surface area contributed by atoms with Gasteiger partial charge in [-0.1, -0.05) is 140 Å². The second-order valence-corrected chi connectivity index (χ2v) is 13.6. The van der Waals surface area contributed by atoms with Crippen LogP contribution in [0.1, 0.15) is 0 Å². The van der Waals surface area contributed by atoms with Gasteiger partial charge in [0.1, 0.15) is 5.82 Å². The molecular formula is C48H30N2. The summed E-state index contributed by atoms with van der Waals surface area (Å²) >= 11 is 0. The minimum absolute atomic E-state index is 0.982. The van der Waals surface area contributed by atoms with E-state index in [-0.39, 0.29) is 0 Å². The molecule has 11 rings (SSSR count). The number of fused-ring (bicyclic) bond motifs is 3. The number of nitrogens with zero attached hydrogens (tertiary/aromatic N) is 2. The number of rotatable bonds is 3. The molecule has 0 spiro atoms. The summed E-state index contributed by atoms with van der Waals surface area (Å²) in [4.78, 5) is 4.89. The molecule has 0 bridgehead atoms. The average Bonchev–Trinajstić information content (AvgIpc) is 3.52. The summed E-state index contributed by atoms with van der Waals surface area (Å²) in [5.74, 6) is 0.982. The van der Waals surface area contributed by atoms with E-state index in [1.807, 2.05) is 6.07 Å². The van der Waals surface area contributed by atoms with Gasteiger partial charge in [0.05, 0.1) is 11.0 Å². The van der Waals surface area contributed by atoms with Gasteiger partial charge in [-0.2, -0.15) is 0 Å². The lowest BCUT2D eigenvalue weighted by atomic mass is 9.86. The van der Waals surface area contributed by atoms with Crippen LogP contribution in [0.5, 0.6) is 0 Å². The summed E-state index contributed by atoms with van der Waals surface area (Å²) in [6.07, 6.45) is 0. The topological polar surface area (TPSA) is 17.8 Å². The summed E-state index contributed by atoms with van der Waals surface area (Å²) in [5.41, 5.74) is 8.11. The van der Waals surface area contributed by atoms with Crippen molar-refractivity contribution in [3.05, 3.63) is 164 Å². The van der Waals surface area contributed by atoms with Gasteiger partial charge in [-0.3, -0.25) is 0 Å². The maximum Gasteiger partial charge on any atom is 0.140 e. The number of hydrogen-bond donors (Lipinski definition) is 0. The van der Waals surface area contributed by atoms with Crippen LogP contribution >= 0.6 is 0 Å². The van der Waals surface area contributed by atoms with Crippen LogP contribution in [-0.4, -0.2) is 9.55 Å². The molecule has 1 heterocycles. The number of hydrogen-bond acceptors (Lipinski definition) is 1. The molecule has 10 aromatic carbocycles. The number of para-hydroxylation sites is 2. The fourth-order valence-electron chi connectivity index (χ4n) is 8.52. The van der Waals surface area contributed by atoms with E-state index < -0.39 is 0 Å². The zero-order valence-corrected chi connectivity index (χ0v) is 27.5. The van der Waals surface area contributed by atoms with E-state index in [9.17, 15) is 0 Å². The van der Waals surface area contributed by atoms with Gasteiger partial charge in [-0.25, -0.2) is 4.98 Å². The third-order valence-corrected chi connectivity index (χ3v) is 10.9. The Bertz CT molecular complexity index is 3120. The Balaban J connectivity index is 1.09. The molecule has 2 nitrogen and oxygen atoms in total. The van der Waals surface area contributed by atoms with E-state index in [1.54, 1.807) is 0 Å². The first-order valence-electron chi connectivity index (χ1n) is 17.3. The van der Waals surface area contributed by atoms with Crippen molar-refractivity contribution in [1.82, 2.24) is 9.55 Å². The second kappa shape index (κ2) is 10.2. The molecule has 0 unspecified atom stereocenters. The summed E-state index contributed by atoms with van der Waals surface area (Å²) in [7, 11) is 2.09. The van der Waals surface area contributed by atoms with Crippen LogP contribution in [0.25, 0.3) is 109 Å². The van der Waals surface area contributed by atoms with Crippen LogP contribution in [-0.2, 0) is 7.05 Å². The molecule has 0 saturated carbocycles. The maximum atomic E-state index is 4.89. The fraction of sp³-hybridized carbons (Fsp3) is 0.0208. The van der Waals surface area contributed by atoms with Gasteiger partial charge in [-0.15, -0.1) is 0 Å². The van der Waals surface area contributed by atoms with E-state index in [2.05, 4.69) is 169 Å². The predicted octanol–water partition coefficient (Wildman–Crippen LogP) is 12.9. The Morgan fingerprint density at radius 1 is 0.360 bits per heavy atom. The van der Waals surface area contributed by atoms with E-state index in [0.717, 1.165) is 22.4 Å². The lowest BCUT2D eigenvalue weighted by Crippen LogP contribution is -1.92. The quantitative estimate of drug-likeness (QED) is 0.177. The number of aromatic nitrogens is 2. The molecular weight excluding hydrogens is 605 g/mol. The van der Waals surface area contributed by atoms with Gasteiger partial charge in [0, 0.05) is 12.6 Å². The number of aryl methyl sites for hydroxylation is 1. The first kappa shape index (κ1) is 27.4. The maximum absolute atomic E-state index is 4.89. The molecule has 232 valence electrons. The molecule has 50 heavy (non-hydrogen) atoms. The van der Waals surface area contributed by atoms with Crippen molar-refractivity contribution < 1.29 is 0 Å². The Labute approximate surface area is 288 Å². The molecule has 0 saturated heterocycles. The van der Waals surface area contributed by atoms with Gasteiger partial charge < -0.3 is 4.57 Å². The van der Waals surface area contributed by atoms with Gasteiger partial charge in [0.25, 0.3) is 0 Å². The highest BCUT2D eigenvalue weighted by Gasteiger charge is 2.16. The summed E-state index contributed by atoms with van der Waals surface area (Å²) in [6.45, 7) is 0. The molecule has 0 aliphatic rings. The summed E-state index contributed by atoms with van der Waals surface area (Å²) < 4.78 is 2.17. The highest BCUT2D eigenvalue weighted by molar-refractivity contribution is 6.37. The SMILES string of the molecule is Cn1c(-c2ccc(-c3ccc(-c4cc5ccc6cccc7c8cccc9ccc%10cccc(c(c4)c5c67)c%10c98)cc3)cc2)nc2ccccc21. The van der Waals surface area contributed by atoms with Crippen molar-refractivity contribution in [2.75, 3.05) is 0 Å². The lowest BCUT2D eigenvalue weighted by molar-refractivity contribution is 0.959. The molecule has 0 amide bonds. The van der Waals surface area contributed by atoms with Crippen molar-refractivity contribution in [2.45, 2.75) is 0 Å². The van der Waals surface area contributed by atoms with Gasteiger partial charge in [0.15, 0.2) is 0 Å². The Morgan fingerprint density at radius 2 is 0.820 bits per heavy atom. The van der Waals surface area contributed by atoms with Gasteiger partial charge in [-0.05, 0) is 111 Å². The van der Waals surface area contributed by atoms with E-state index in [0.29, 0.717) is 0 Å². The average molecular weight is 635 g/mol. The van der Waals surface area contributed by atoms with Crippen LogP contribution in [0.4, 0.5) is 0 Å². The first-order valence-corrected chi connectivity index (χ1v) is 17.3. The van der Waals surface area contributed by atoms with Crippen molar-refractivity contribution in [2.24, 2.45) is 7.05 Å². The van der Waals surface area contributed by atoms with Crippen LogP contribution in [0.2, 0.25) is 0 Å². The second-order valence-electron chi connectivity index (χ2n) is 13.6. The molecule has 2 heteroatoms. The zero-order chi connectivity index (χ0) is 32.9. The smallest absolute Gasteiger partial charge is 0.140 e. The van der Waals surface area contributed by atoms with E-state index >= 15 is 0 Å². The van der Waals surface area contributed by atoms with Crippen LogP contribution in [0.15, 0.2) is 164 Å². The van der Waals surface area contributed by atoms with Crippen LogP contribution in [0.3, 0.4) is 0 Å². The first-order chi connectivity index (χ1) is 24.7. The van der Waals surface area contributed by atoms with Crippen LogP contribution in [0, 0.1) is 0 Å². The summed E-state index contributed by atoms with van der Waals surface area (Å²) in [5, 5.41) is 15.7. The van der Waals surface area contributed by atoms with Crippen LogP contribution < -0.4 is 0 Å². The molecule has 0 aliphatic heterocycles. The monoisotopic (exact) mass is 634 g/mol.